The van der Waals surface area contributed by atoms with E-state index < -0.39 is 0 Å². The highest BCUT2D eigenvalue weighted by atomic mass is 35.5. The lowest BCUT2D eigenvalue weighted by molar-refractivity contribution is 0.341. The highest BCUT2D eigenvalue weighted by Crippen LogP contribution is 2.19. The van der Waals surface area contributed by atoms with E-state index in [9.17, 15) is 4.39 Å². The molecular weight excluding hydrogens is 229 g/mol. The van der Waals surface area contributed by atoms with Crippen LogP contribution >= 0.6 is 11.6 Å². The Bertz CT molecular complexity index is 366. The summed E-state index contributed by atoms with van der Waals surface area (Å²) < 4.78 is 18.7. The van der Waals surface area contributed by atoms with Crippen LogP contribution in [0.2, 0.25) is 0 Å². The Morgan fingerprint density at radius 1 is 1.56 bits per heavy atom. The second kappa shape index (κ2) is 6.51. The van der Waals surface area contributed by atoms with Crippen LogP contribution in [0.15, 0.2) is 29.8 Å². The monoisotopic (exact) mass is 243 g/mol. The van der Waals surface area contributed by atoms with Crippen molar-refractivity contribution in [3.05, 3.63) is 41.2 Å². The van der Waals surface area contributed by atoms with Gasteiger partial charge in [0.25, 0.3) is 0 Å². The van der Waals surface area contributed by atoms with E-state index in [-0.39, 0.29) is 24.2 Å². The summed E-state index contributed by atoms with van der Waals surface area (Å²) in [6, 6.07) is 4.88. The van der Waals surface area contributed by atoms with Gasteiger partial charge in [-0.2, -0.15) is 0 Å². The third kappa shape index (κ3) is 4.21. The molecule has 88 valence electrons. The molecule has 1 atom stereocenters. The van der Waals surface area contributed by atoms with Gasteiger partial charge in [-0.25, -0.2) is 4.39 Å². The molecule has 0 aliphatic heterocycles. The number of hydrogen-bond donors (Lipinski definition) is 1. The Labute approximate surface area is 99.9 Å². The molecule has 1 aromatic carbocycles. The van der Waals surface area contributed by atoms with Crippen LogP contribution in [0.4, 0.5) is 4.39 Å². The lowest BCUT2D eigenvalue weighted by Crippen LogP contribution is -2.17. The first-order chi connectivity index (χ1) is 7.63. The highest BCUT2D eigenvalue weighted by Gasteiger charge is 2.05. The maximum absolute atomic E-state index is 13.5. The molecule has 0 bridgehead atoms. The maximum atomic E-state index is 13.5. The fraction of sp³-hybridized carbons (Fsp3) is 0.333. The van der Waals surface area contributed by atoms with Crippen LogP contribution in [-0.4, -0.2) is 12.6 Å². The summed E-state index contributed by atoms with van der Waals surface area (Å²) in [5.41, 5.74) is 7.84. The third-order valence-electron chi connectivity index (χ3n) is 1.98. The molecule has 0 radical (unpaired) electrons. The van der Waals surface area contributed by atoms with Crippen molar-refractivity contribution in [3.8, 4) is 5.75 Å². The Morgan fingerprint density at radius 2 is 2.31 bits per heavy atom. The van der Waals surface area contributed by atoms with Crippen LogP contribution in [0, 0.1) is 5.82 Å². The SMILES string of the molecule is CC(N)Cc1ccc(OC/C=C/Cl)c(F)c1. The zero-order chi connectivity index (χ0) is 12.0. The van der Waals surface area contributed by atoms with Crippen molar-refractivity contribution >= 4 is 11.6 Å². The Kier molecular flexibility index (Phi) is 5.29. The maximum Gasteiger partial charge on any atom is 0.165 e. The minimum Gasteiger partial charge on any atom is -0.486 e. The van der Waals surface area contributed by atoms with Gasteiger partial charge in [0, 0.05) is 11.6 Å². The number of nitrogens with two attached hydrogens (primary N) is 1. The van der Waals surface area contributed by atoms with Gasteiger partial charge in [0.05, 0.1) is 0 Å². The Balaban J connectivity index is 2.67. The first-order valence-corrected chi connectivity index (χ1v) is 5.49. The van der Waals surface area contributed by atoms with Gasteiger partial charge < -0.3 is 10.5 Å². The molecule has 0 fully saturated rings. The number of rotatable bonds is 5. The lowest BCUT2D eigenvalue weighted by atomic mass is 10.1. The third-order valence-corrected chi connectivity index (χ3v) is 2.16. The molecule has 0 heterocycles. The molecule has 4 heteroatoms. The molecule has 2 N–H and O–H groups in total. The van der Waals surface area contributed by atoms with E-state index in [0.29, 0.717) is 6.42 Å². The van der Waals surface area contributed by atoms with Crippen LogP contribution in [-0.2, 0) is 6.42 Å². The zero-order valence-corrected chi connectivity index (χ0v) is 9.88. The summed E-state index contributed by atoms with van der Waals surface area (Å²) >= 11 is 5.32. The molecule has 1 aromatic rings. The van der Waals surface area contributed by atoms with Gasteiger partial charge in [0.2, 0.25) is 0 Å². The van der Waals surface area contributed by atoms with Crippen molar-refractivity contribution in [2.24, 2.45) is 5.73 Å². The van der Waals surface area contributed by atoms with Gasteiger partial charge in [0.1, 0.15) is 6.61 Å². The van der Waals surface area contributed by atoms with Crippen LogP contribution in [0.25, 0.3) is 0 Å². The average Bonchev–Trinajstić information content (AvgIpc) is 2.20. The van der Waals surface area contributed by atoms with Gasteiger partial charge in [-0.1, -0.05) is 17.7 Å². The number of halogens is 2. The first-order valence-electron chi connectivity index (χ1n) is 5.05. The molecule has 0 aliphatic carbocycles. The molecule has 1 unspecified atom stereocenters. The van der Waals surface area contributed by atoms with E-state index in [4.69, 9.17) is 22.1 Å². The minimum absolute atomic E-state index is 0.0188. The molecular formula is C12H15ClFNO. The van der Waals surface area contributed by atoms with E-state index in [1.54, 1.807) is 12.1 Å². The predicted octanol–water partition coefficient (Wildman–Crippen LogP) is 2.85. The summed E-state index contributed by atoms with van der Waals surface area (Å²) in [5, 5.41) is 0. The second-order valence-corrected chi connectivity index (χ2v) is 3.87. The first kappa shape index (κ1) is 13.0. The number of hydrogen-bond acceptors (Lipinski definition) is 2. The molecule has 0 amide bonds. The highest BCUT2D eigenvalue weighted by molar-refractivity contribution is 6.25. The number of ether oxygens (including phenoxy) is 1. The standard InChI is InChI=1S/C12H15ClFNO/c1-9(15)7-10-3-4-12(11(14)8-10)16-6-2-5-13/h2-5,8-9H,6-7,15H2,1H3/b5-2+. The zero-order valence-electron chi connectivity index (χ0n) is 9.12. The normalized spacial score (nSPS) is 13.0. The van der Waals surface area contributed by atoms with E-state index >= 15 is 0 Å². The van der Waals surface area contributed by atoms with E-state index in [1.165, 1.54) is 11.6 Å². The summed E-state index contributed by atoms with van der Waals surface area (Å²) in [4.78, 5) is 0. The number of benzene rings is 1. The molecule has 2 nitrogen and oxygen atoms in total. The smallest absolute Gasteiger partial charge is 0.165 e. The lowest BCUT2D eigenvalue weighted by Gasteiger charge is -2.08. The molecule has 16 heavy (non-hydrogen) atoms. The van der Waals surface area contributed by atoms with Crippen molar-refractivity contribution in [3.63, 3.8) is 0 Å². The Morgan fingerprint density at radius 3 is 2.88 bits per heavy atom. The summed E-state index contributed by atoms with van der Waals surface area (Å²) in [6.07, 6.45) is 2.25. The van der Waals surface area contributed by atoms with Crippen molar-refractivity contribution in [2.45, 2.75) is 19.4 Å². The summed E-state index contributed by atoms with van der Waals surface area (Å²) in [5.74, 6) is -0.149. The van der Waals surface area contributed by atoms with Gasteiger partial charge >= 0.3 is 0 Å². The quantitative estimate of drug-likeness (QED) is 0.863. The van der Waals surface area contributed by atoms with Crippen molar-refractivity contribution in [2.75, 3.05) is 6.61 Å². The van der Waals surface area contributed by atoms with Crippen molar-refractivity contribution < 1.29 is 9.13 Å². The summed E-state index contributed by atoms with van der Waals surface area (Å²) in [7, 11) is 0. The molecule has 0 saturated carbocycles. The van der Waals surface area contributed by atoms with E-state index in [1.807, 2.05) is 13.0 Å². The molecule has 0 spiro atoms. The largest absolute Gasteiger partial charge is 0.486 e. The van der Waals surface area contributed by atoms with Crippen LogP contribution in [0.1, 0.15) is 12.5 Å². The molecule has 1 rings (SSSR count). The van der Waals surface area contributed by atoms with Gasteiger partial charge in [-0.15, -0.1) is 0 Å². The average molecular weight is 244 g/mol. The summed E-state index contributed by atoms with van der Waals surface area (Å²) in [6.45, 7) is 2.14. The van der Waals surface area contributed by atoms with E-state index in [2.05, 4.69) is 0 Å². The topological polar surface area (TPSA) is 35.2 Å². The van der Waals surface area contributed by atoms with Crippen LogP contribution < -0.4 is 10.5 Å². The fourth-order valence-electron chi connectivity index (χ4n) is 1.33. The molecule has 0 saturated heterocycles. The minimum atomic E-state index is -0.374. The predicted molar refractivity (Wildman–Crippen MR) is 64.2 cm³/mol. The van der Waals surface area contributed by atoms with Gasteiger partial charge in [-0.3, -0.25) is 0 Å². The molecule has 0 aliphatic rings. The van der Waals surface area contributed by atoms with Crippen LogP contribution in [0.5, 0.6) is 5.75 Å². The van der Waals surface area contributed by atoms with Crippen molar-refractivity contribution in [1.82, 2.24) is 0 Å². The van der Waals surface area contributed by atoms with Gasteiger partial charge in [-0.05, 0) is 37.1 Å². The van der Waals surface area contributed by atoms with Crippen LogP contribution in [0.3, 0.4) is 0 Å². The van der Waals surface area contributed by atoms with E-state index in [0.717, 1.165) is 5.56 Å². The van der Waals surface area contributed by atoms with Gasteiger partial charge in [0.15, 0.2) is 11.6 Å². The Hall–Kier alpha value is -1.06. The van der Waals surface area contributed by atoms with Crippen molar-refractivity contribution in [1.29, 1.82) is 0 Å². The molecule has 0 aromatic heterocycles. The fourth-order valence-corrected chi connectivity index (χ4v) is 1.41. The second-order valence-electron chi connectivity index (χ2n) is 3.62.